The molecule has 0 aromatic carbocycles. The molecule has 0 rings (SSSR count). The number of hydrogen-bond acceptors (Lipinski definition) is 0. The Hall–Kier alpha value is 0.277. The third kappa shape index (κ3) is 2.91. The van der Waals surface area contributed by atoms with Gasteiger partial charge in [-0.2, -0.15) is 0 Å². The summed E-state index contributed by atoms with van der Waals surface area (Å²) in [5.41, 5.74) is 3.09. The van der Waals surface area contributed by atoms with Crippen LogP contribution in [0, 0.1) is 0 Å². The molecule has 0 fully saturated rings. The van der Waals surface area contributed by atoms with E-state index in [2.05, 4.69) is 13.2 Å². The van der Waals surface area contributed by atoms with E-state index >= 15 is 0 Å². The lowest BCUT2D eigenvalue weighted by molar-refractivity contribution is 2.37. The van der Waals surface area contributed by atoms with Crippen molar-refractivity contribution in [2.75, 3.05) is 0 Å². The van der Waals surface area contributed by atoms with Crippen LogP contribution in [0.3, 0.4) is 0 Å². The summed E-state index contributed by atoms with van der Waals surface area (Å²) in [5, 5.41) is 0. The Bertz CT molecular complexity index is 77.7. The average Bonchev–Trinajstić information content (AvgIpc) is 1.68. The predicted molar refractivity (Wildman–Crippen MR) is 37.9 cm³/mol. The van der Waals surface area contributed by atoms with Crippen LogP contribution in [-0.2, 0) is 0 Å². The molecule has 0 saturated carbocycles. The summed E-state index contributed by atoms with van der Waals surface area (Å²) in [4.78, 5) is 0. The summed E-state index contributed by atoms with van der Waals surface area (Å²) in [5.74, 6) is 0. The maximum Gasteiger partial charge on any atom is 0.295 e. The number of halogens is 2. The van der Waals surface area contributed by atoms with Crippen molar-refractivity contribution in [3.05, 3.63) is 24.6 Å². The Kier molecular flexibility index (Phi) is 2.65. The topological polar surface area (TPSA) is 0 Å². The van der Waals surface area contributed by atoms with Crippen LogP contribution in [0.4, 0.5) is 0 Å². The van der Waals surface area contributed by atoms with Gasteiger partial charge in [0, 0.05) is 0 Å². The van der Waals surface area contributed by atoms with Gasteiger partial charge in [0.05, 0.1) is 0 Å². The summed E-state index contributed by atoms with van der Waals surface area (Å²) < 4.78 is 0. The van der Waals surface area contributed by atoms with Gasteiger partial charge >= 0.3 is 0 Å². The third-order valence-corrected chi connectivity index (χ3v) is 3.48. The van der Waals surface area contributed by atoms with Crippen LogP contribution >= 0.6 is 22.2 Å². The van der Waals surface area contributed by atoms with Crippen LogP contribution in [0.2, 0.25) is 0 Å². The predicted octanol–water partition coefficient (Wildman–Crippen LogP) is 2.36. The zero-order valence-electron chi connectivity index (χ0n) is 3.82. The zero-order chi connectivity index (χ0) is 5.91. The van der Waals surface area contributed by atoms with Crippen molar-refractivity contribution < 1.29 is 0 Å². The quantitative estimate of drug-likeness (QED) is 0.422. The lowest BCUT2D eigenvalue weighted by Gasteiger charge is -1.99. The normalized spacial score (nSPS) is 10.6. The minimum Gasteiger partial charge on any atom is -0.135 e. The molecule has 0 radical (unpaired) electrons. The van der Waals surface area contributed by atoms with E-state index < -0.39 is 6.69 Å². The fraction of sp³-hybridized carbons (Fsp3) is 0. The van der Waals surface area contributed by atoms with Crippen molar-refractivity contribution in [3.63, 3.8) is 0 Å². The van der Waals surface area contributed by atoms with Crippen molar-refractivity contribution >= 4 is 28.9 Å². The van der Waals surface area contributed by atoms with E-state index in [1.807, 2.05) is 0 Å². The van der Waals surface area contributed by atoms with E-state index in [-0.39, 0.29) is 0 Å². The van der Waals surface area contributed by atoms with Crippen LogP contribution in [0.1, 0.15) is 0 Å². The third-order valence-electron chi connectivity index (χ3n) is 0.544. The van der Waals surface area contributed by atoms with Gasteiger partial charge in [-0.25, -0.2) is 0 Å². The number of rotatable bonds is 2. The Morgan fingerprint density at radius 1 is 1.14 bits per heavy atom. The minimum absolute atomic E-state index is 1.54. The van der Waals surface area contributed by atoms with Gasteiger partial charge < -0.3 is 0 Å². The zero-order valence-corrected chi connectivity index (χ0v) is 6.34. The van der Waals surface area contributed by atoms with Gasteiger partial charge in [0.25, 0.3) is 6.69 Å². The first-order valence-corrected chi connectivity index (χ1v) is 5.95. The fourth-order valence-electron chi connectivity index (χ4n) is 0.0833. The van der Waals surface area contributed by atoms with Gasteiger partial charge in [0.15, 0.2) is 0 Å². The molecule has 0 N–H and O–H groups in total. The molecular weight excluding hydrogens is 147 g/mol. The highest BCUT2D eigenvalue weighted by Crippen LogP contribution is 2.15. The molecular formula is C4H6Cl2Si. The number of hydrogen-bond donors (Lipinski definition) is 0. The molecule has 0 bridgehead atoms. The molecule has 0 nitrogen and oxygen atoms in total. The summed E-state index contributed by atoms with van der Waals surface area (Å²) in [6.07, 6.45) is 0. The molecule has 0 saturated heterocycles. The average molecular weight is 153 g/mol. The van der Waals surface area contributed by atoms with Gasteiger partial charge in [0.2, 0.25) is 0 Å². The highest BCUT2D eigenvalue weighted by atomic mass is 35.7. The van der Waals surface area contributed by atoms with Crippen molar-refractivity contribution in [3.8, 4) is 0 Å². The standard InChI is InChI=1S/C4H6Cl2Si/c1-3-7(5,6)4-2/h3-4H,1-2H2. The molecule has 0 aromatic rings. The Morgan fingerprint density at radius 3 is 1.43 bits per heavy atom. The maximum absolute atomic E-state index is 5.57. The molecule has 0 heterocycles. The molecule has 0 aliphatic heterocycles. The molecule has 0 aromatic heterocycles. The molecule has 3 heteroatoms. The lowest BCUT2D eigenvalue weighted by atomic mass is 11.2. The van der Waals surface area contributed by atoms with Gasteiger partial charge in [-0.3, -0.25) is 0 Å². The molecule has 0 aliphatic rings. The van der Waals surface area contributed by atoms with E-state index in [9.17, 15) is 0 Å². The highest BCUT2D eigenvalue weighted by Gasteiger charge is 2.16. The Balaban J connectivity index is 3.82. The lowest BCUT2D eigenvalue weighted by Crippen LogP contribution is -2.09. The summed E-state index contributed by atoms with van der Waals surface area (Å²) in [7, 11) is 0. The van der Waals surface area contributed by atoms with Gasteiger partial charge in [-0.05, 0) is 0 Å². The fourth-order valence-corrected chi connectivity index (χ4v) is 0.250. The largest absolute Gasteiger partial charge is 0.295 e. The SMILES string of the molecule is C=C[Si](Cl)(Cl)C=C. The van der Waals surface area contributed by atoms with Crippen LogP contribution < -0.4 is 0 Å². The highest BCUT2D eigenvalue weighted by molar-refractivity contribution is 7.49. The van der Waals surface area contributed by atoms with E-state index in [1.165, 1.54) is 0 Å². The molecule has 0 unspecified atom stereocenters. The van der Waals surface area contributed by atoms with Crippen LogP contribution in [-0.4, -0.2) is 6.69 Å². The van der Waals surface area contributed by atoms with Gasteiger partial charge in [0.1, 0.15) is 0 Å². The van der Waals surface area contributed by atoms with Crippen molar-refractivity contribution in [1.82, 2.24) is 0 Å². The van der Waals surface area contributed by atoms with Crippen molar-refractivity contribution in [1.29, 1.82) is 0 Å². The summed E-state index contributed by atoms with van der Waals surface area (Å²) in [6, 6.07) is 0. The van der Waals surface area contributed by atoms with Crippen LogP contribution in [0.15, 0.2) is 24.6 Å². The Morgan fingerprint density at radius 2 is 1.43 bits per heavy atom. The van der Waals surface area contributed by atoms with Gasteiger partial charge in [-0.15, -0.1) is 35.3 Å². The molecule has 0 spiro atoms. The van der Waals surface area contributed by atoms with E-state index in [1.54, 1.807) is 11.4 Å². The molecule has 7 heavy (non-hydrogen) atoms. The molecule has 0 aliphatic carbocycles. The van der Waals surface area contributed by atoms with E-state index in [0.717, 1.165) is 0 Å². The first-order valence-electron chi connectivity index (χ1n) is 1.77. The van der Waals surface area contributed by atoms with Crippen LogP contribution in [0.25, 0.3) is 0 Å². The van der Waals surface area contributed by atoms with Crippen molar-refractivity contribution in [2.45, 2.75) is 0 Å². The first kappa shape index (κ1) is 7.28. The van der Waals surface area contributed by atoms with Crippen LogP contribution in [0.5, 0.6) is 0 Å². The second-order valence-corrected chi connectivity index (χ2v) is 7.58. The second-order valence-electron chi connectivity index (χ2n) is 1.08. The van der Waals surface area contributed by atoms with E-state index in [4.69, 9.17) is 22.2 Å². The maximum atomic E-state index is 5.57. The minimum atomic E-state index is -2.18. The van der Waals surface area contributed by atoms with Gasteiger partial charge in [-0.1, -0.05) is 11.4 Å². The monoisotopic (exact) mass is 152 g/mol. The summed E-state index contributed by atoms with van der Waals surface area (Å²) in [6.45, 7) is 4.68. The van der Waals surface area contributed by atoms with E-state index in [0.29, 0.717) is 0 Å². The summed E-state index contributed by atoms with van der Waals surface area (Å²) >= 11 is 11.1. The first-order chi connectivity index (χ1) is 3.12. The second kappa shape index (κ2) is 2.55. The Labute approximate surface area is 53.9 Å². The molecule has 0 atom stereocenters. The molecule has 40 valence electrons. The smallest absolute Gasteiger partial charge is 0.135 e. The van der Waals surface area contributed by atoms with Crippen molar-refractivity contribution in [2.24, 2.45) is 0 Å². The molecule has 0 amide bonds.